The maximum Gasteiger partial charge on any atom is 0.396 e. The molecule has 2 aromatic rings. The quantitative estimate of drug-likeness (QED) is 0.794. The molecule has 1 heterocycles. The summed E-state index contributed by atoms with van der Waals surface area (Å²) in [6.45, 7) is 1.79. The summed E-state index contributed by atoms with van der Waals surface area (Å²) in [6, 6.07) is 3.51. The maximum absolute atomic E-state index is 13.4. The van der Waals surface area contributed by atoms with Gasteiger partial charge in [-0.2, -0.15) is 0 Å². The van der Waals surface area contributed by atoms with E-state index in [-0.39, 0.29) is 30.4 Å². The van der Waals surface area contributed by atoms with Gasteiger partial charge in [0.25, 0.3) is 0 Å². The Balaban J connectivity index is 2.18. The smallest absolute Gasteiger partial charge is 0.396 e. The van der Waals surface area contributed by atoms with E-state index in [2.05, 4.69) is 14.9 Å². The first-order valence-electron chi connectivity index (χ1n) is 5.54. The van der Waals surface area contributed by atoms with Gasteiger partial charge < -0.3 is 9.15 Å². The van der Waals surface area contributed by atoms with E-state index in [1.165, 1.54) is 6.07 Å². The second-order valence-electron chi connectivity index (χ2n) is 3.60. The van der Waals surface area contributed by atoms with Gasteiger partial charge in [-0.15, -0.1) is 10.2 Å². The molecule has 0 N–H and O–H groups in total. The topological polar surface area (TPSA) is 65.2 Å². The number of hydrogen-bond acceptors (Lipinski definition) is 5. The third-order valence-corrected chi connectivity index (χ3v) is 2.31. The molecule has 0 bridgehead atoms. The van der Waals surface area contributed by atoms with E-state index in [0.717, 1.165) is 12.1 Å². The molecule has 0 fully saturated rings. The summed E-state index contributed by atoms with van der Waals surface area (Å²) in [5, 5.41) is 7.00. The number of rotatable bonds is 4. The second-order valence-corrected chi connectivity index (χ2v) is 3.60. The lowest BCUT2D eigenvalue weighted by atomic mass is 10.1. The SMILES string of the molecule is CCOC(=O)c1nnc(Cc2c(F)cccc2F)o1. The van der Waals surface area contributed by atoms with E-state index in [9.17, 15) is 13.6 Å². The van der Waals surface area contributed by atoms with Crippen molar-refractivity contribution in [2.24, 2.45) is 0 Å². The molecule has 1 aromatic heterocycles. The van der Waals surface area contributed by atoms with E-state index in [4.69, 9.17) is 4.42 Å². The fourth-order valence-electron chi connectivity index (χ4n) is 1.45. The molecule has 0 amide bonds. The van der Waals surface area contributed by atoms with E-state index < -0.39 is 17.6 Å². The molecular formula is C12H10F2N2O3. The van der Waals surface area contributed by atoms with Crippen LogP contribution in [0.2, 0.25) is 0 Å². The Kier molecular flexibility index (Phi) is 3.84. The minimum atomic E-state index is -0.768. The average Bonchev–Trinajstić information content (AvgIpc) is 2.83. The van der Waals surface area contributed by atoms with Gasteiger partial charge >= 0.3 is 11.9 Å². The largest absolute Gasteiger partial charge is 0.459 e. The van der Waals surface area contributed by atoms with Crippen molar-refractivity contribution in [3.05, 3.63) is 47.2 Å². The highest BCUT2D eigenvalue weighted by Crippen LogP contribution is 2.16. The van der Waals surface area contributed by atoms with Gasteiger partial charge in [0, 0.05) is 5.56 Å². The predicted molar refractivity (Wildman–Crippen MR) is 59.4 cm³/mol. The first kappa shape index (κ1) is 13.1. The number of carbonyl (C=O) groups is 1. The molecule has 100 valence electrons. The first-order chi connectivity index (χ1) is 9.11. The fourth-order valence-corrected chi connectivity index (χ4v) is 1.45. The van der Waals surface area contributed by atoms with Gasteiger partial charge in [-0.3, -0.25) is 0 Å². The lowest BCUT2D eigenvalue weighted by molar-refractivity contribution is 0.0479. The molecule has 5 nitrogen and oxygen atoms in total. The Morgan fingerprint density at radius 2 is 2.00 bits per heavy atom. The number of aromatic nitrogens is 2. The van der Waals surface area contributed by atoms with Crippen LogP contribution in [0.3, 0.4) is 0 Å². The summed E-state index contributed by atoms with van der Waals surface area (Å²) in [7, 11) is 0. The van der Waals surface area contributed by atoms with Crippen LogP contribution in [0.15, 0.2) is 22.6 Å². The molecule has 0 atom stereocenters. The van der Waals surface area contributed by atoms with Crippen LogP contribution in [0.1, 0.15) is 29.1 Å². The molecule has 0 aliphatic heterocycles. The first-order valence-corrected chi connectivity index (χ1v) is 5.54. The van der Waals surface area contributed by atoms with Crippen LogP contribution < -0.4 is 0 Å². The van der Waals surface area contributed by atoms with Crippen LogP contribution in [0, 0.1) is 11.6 Å². The van der Waals surface area contributed by atoms with Gasteiger partial charge in [-0.05, 0) is 19.1 Å². The summed E-state index contributed by atoms with van der Waals surface area (Å²) in [5.41, 5.74) is -0.193. The summed E-state index contributed by atoms with van der Waals surface area (Å²) in [4.78, 5) is 11.3. The minimum Gasteiger partial charge on any atom is -0.459 e. The van der Waals surface area contributed by atoms with Gasteiger partial charge in [0.05, 0.1) is 13.0 Å². The van der Waals surface area contributed by atoms with Gasteiger partial charge in [0.1, 0.15) is 11.6 Å². The van der Waals surface area contributed by atoms with Gasteiger partial charge in [-0.25, -0.2) is 13.6 Å². The predicted octanol–water partition coefficient (Wildman–Crippen LogP) is 2.12. The van der Waals surface area contributed by atoms with E-state index in [1.54, 1.807) is 6.92 Å². The van der Waals surface area contributed by atoms with Crippen LogP contribution in [0.5, 0.6) is 0 Å². The summed E-state index contributed by atoms with van der Waals surface area (Å²) < 4.78 is 36.4. The van der Waals surface area contributed by atoms with Crippen molar-refractivity contribution in [2.45, 2.75) is 13.3 Å². The Bertz CT molecular complexity index is 578. The second kappa shape index (κ2) is 5.55. The molecule has 2 rings (SSSR count). The molecule has 0 spiro atoms. The normalized spacial score (nSPS) is 10.5. The van der Waals surface area contributed by atoms with E-state index in [1.807, 2.05) is 0 Å². The van der Waals surface area contributed by atoms with Crippen molar-refractivity contribution < 1.29 is 22.7 Å². The van der Waals surface area contributed by atoms with Crippen LogP contribution in [0.25, 0.3) is 0 Å². The highest BCUT2D eigenvalue weighted by molar-refractivity contribution is 5.83. The van der Waals surface area contributed by atoms with Crippen LogP contribution in [-0.2, 0) is 11.2 Å². The zero-order valence-electron chi connectivity index (χ0n) is 10.0. The monoisotopic (exact) mass is 268 g/mol. The Hall–Kier alpha value is -2.31. The maximum atomic E-state index is 13.4. The molecular weight excluding hydrogens is 258 g/mol. The van der Waals surface area contributed by atoms with Crippen LogP contribution >= 0.6 is 0 Å². The minimum absolute atomic E-state index is 0.0629. The Morgan fingerprint density at radius 3 is 2.63 bits per heavy atom. The number of carbonyl (C=O) groups excluding carboxylic acids is 1. The number of nitrogens with zero attached hydrogens (tertiary/aromatic N) is 2. The number of halogens is 2. The zero-order chi connectivity index (χ0) is 13.8. The highest BCUT2D eigenvalue weighted by atomic mass is 19.1. The molecule has 0 aliphatic rings. The van der Waals surface area contributed by atoms with Crippen molar-refractivity contribution in [2.75, 3.05) is 6.61 Å². The fraction of sp³-hybridized carbons (Fsp3) is 0.250. The summed E-state index contributed by atoms with van der Waals surface area (Å²) in [5.74, 6) is -2.59. The summed E-state index contributed by atoms with van der Waals surface area (Å²) >= 11 is 0. The molecule has 1 aromatic carbocycles. The number of benzene rings is 1. The third kappa shape index (κ3) is 2.93. The van der Waals surface area contributed by atoms with Gasteiger partial charge in [0.2, 0.25) is 5.89 Å². The van der Waals surface area contributed by atoms with Crippen molar-refractivity contribution in [1.29, 1.82) is 0 Å². The van der Waals surface area contributed by atoms with Crippen molar-refractivity contribution >= 4 is 5.97 Å². The van der Waals surface area contributed by atoms with Crippen LogP contribution in [0.4, 0.5) is 8.78 Å². The standard InChI is InChI=1S/C12H10F2N2O3/c1-2-18-12(17)11-16-15-10(19-11)6-7-8(13)4-3-5-9(7)14/h3-5H,2,6H2,1H3. The van der Waals surface area contributed by atoms with Crippen molar-refractivity contribution in [1.82, 2.24) is 10.2 Å². The average molecular weight is 268 g/mol. The molecule has 0 saturated heterocycles. The molecule has 0 radical (unpaired) electrons. The van der Waals surface area contributed by atoms with E-state index >= 15 is 0 Å². The third-order valence-electron chi connectivity index (χ3n) is 2.31. The molecule has 0 saturated carbocycles. The zero-order valence-corrected chi connectivity index (χ0v) is 10.0. The van der Waals surface area contributed by atoms with Crippen molar-refractivity contribution in [3.63, 3.8) is 0 Å². The van der Waals surface area contributed by atoms with Gasteiger partial charge in [-0.1, -0.05) is 6.07 Å². The molecule has 0 unspecified atom stereocenters. The summed E-state index contributed by atoms with van der Waals surface area (Å²) in [6.07, 6.45) is -0.231. The van der Waals surface area contributed by atoms with Crippen LogP contribution in [-0.4, -0.2) is 22.8 Å². The molecule has 7 heteroatoms. The number of esters is 1. The van der Waals surface area contributed by atoms with Crippen molar-refractivity contribution in [3.8, 4) is 0 Å². The van der Waals surface area contributed by atoms with Gasteiger partial charge in [0.15, 0.2) is 0 Å². The molecule has 0 aliphatic carbocycles. The lowest BCUT2D eigenvalue weighted by Crippen LogP contribution is -2.04. The Labute approximate surface area is 107 Å². The molecule has 19 heavy (non-hydrogen) atoms. The lowest BCUT2D eigenvalue weighted by Gasteiger charge is -2.00. The Morgan fingerprint density at radius 1 is 1.32 bits per heavy atom. The number of hydrogen-bond donors (Lipinski definition) is 0. The highest BCUT2D eigenvalue weighted by Gasteiger charge is 2.18. The number of ether oxygens (including phenoxy) is 1. The van der Waals surface area contributed by atoms with E-state index in [0.29, 0.717) is 0 Å².